The van der Waals surface area contributed by atoms with Gasteiger partial charge in [-0.25, -0.2) is 0 Å². The first kappa shape index (κ1) is 13.9. The van der Waals surface area contributed by atoms with Crippen LogP contribution < -0.4 is 4.90 Å². The topological polar surface area (TPSA) is 36.4 Å². The number of amides is 1. The van der Waals surface area contributed by atoms with E-state index in [0.29, 0.717) is 5.91 Å². The van der Waals surface area contributed by atoms with Crippen LogP contribution in [0.2, 0.25) is 0 Å². The molecule has 0 saturated carbocycles. The van der Waals surface area contributed by atoms with Crippen LogP contribution in [0.25, 0.3) is 0 Å². The van der Waals surface area contributed by atoms with Crippen LogP contribution in [0, 0.1) is 5.92 Å². The third-order valence-corrected chi connectivity index (χ3v) is 4.68. The molecule has 5 heteroatoms. The molecule has 0 radical (unpaired) electrons. The van der Waals surface area contributed by atoms with Gasteiger partial charge < -0.3 is 9.80 Å². The lowest BCUT2D eigenvalue weighted by Crippen LogP contribution is -2.44. The van der Waals surface area contributed by atoms with Crippen LogP contribution in [-0.2, 0) is 4.79 Å². The molecule has 2 aliphatic rings. The van der Waals surface area contributed by atoms with Gasteiger partial charge in [-0.15, -0.1) is 0 Å². The van der Waals surface area contributed by atoms with E-state index in [1.807, 2.05) is 11.1 Å². The van der Waals surface area contributed by atoms with Gasteiger partial charge in [0, 0.05) is 36.8 Å². The van der Waals surface area contributed by atoms with Crippen molar-refractivity contribution in [3.8, 4) is 0 Å². The van der Waals surface area contributed by atoms with Gasteiger partial charge in [0.2, 0.25) is 5.91 Å². The summed E-state index contributed by atoms with van der Waals surface area (Å²) >= 11 is 3.46. The molecule has 3 rings (SSSR count). The number of anilines is 1. The standard InChI is InChI=1S/C15H20BrN3O/c16-13-8-14(10-17-9-13)19-7-3-4-12(11-19)15(20)18-5-1-2-6-18/h8-10,12H,1-7,11H2/t12-/m1/s1. The van der Waals surface area contributed by atoms with Crippen molar-refractivity contribution in [1.82, 2.24) is 9.88 Å². The van der Waals surface area contributed by atoms with E-state index in [4.69, 9.17) is 0 Å². The lowest BCUT2D eigenvalue weighted by atomic mass is 9.96. The smallest absolute Gasteiger partial charge is 0.227 e. The Labute approximate surface area is 128 Å². The molecule has 1 aromatic rings. The molecule has 0 aliphatic carbocycles. The lowest BCUT2D eigenvalue weighted by Gasteiger charge is -2.35. The monoisotopic (exact) mass is 337 g/mol. The summed E-state index contributed by atoms with van der Waals surface area (Å²) in [5.41, 5.74) is 1.11. The van der Waals surface area contributed by atoms with Crippen molar-refractivity contribution in [2.75, 3.05) is 31.1 Å². The van der Waals surface area contributed by atoms with E-state index in [2.05, 4.69) is 31.9 Å². The SMILES string of the molecule is O=C([C@@H]1CCCN(c2cncc(Br)c2)C1)N1CCCC1. The molecular formula is C15H20BrN3O. The van der Waals surface area contributed by atoms with Gasteiger partial charge in [-0.3, -0.25) is 9.78 Å². The maximum Gasteiger partial charge on any atom is 0.227 e. The zero-order valence-corrected chi connectivity index (χ0v) is 13.2. The van der Waals surface area contributed by atoms with Gasteiger partial charge >= 0.3 is 0 Å². The average Bonchev–Trinajstić information content (AvgIpc) is 3.01. The molecular weight excluding hydrogens is 318 g/mol. The molecule has 20 heavy (non-hydrogen) atoms. The Hall–Kier alpha value is -1.10. The van der Waals surface area contributed by atoms with Gasteiger partial charge in [0.15, 0.2) is 0 Å². The molecule has 1 aromatic heterocycles. The van der Waals surface area contributed by atoms with Crippen molar-refractivity contribution in [2.24, 2.45) is 5.92 Å². The van der Waals surface area contributed by atoms with Crippen molar-refractivity contribution >= 4 is 27.5 Å². The molecule has 0 spiro atoms. The fraction of sp³-hybridized carbons (Fsp3) is 0.600. The Bertz CT molecular complexity index is 488. The second-order valence-electron chi connectivity index (χ2n) is 5.68. The number of pyridine rings is 1. The lowest BCUT2D eigenvalue weighted by molar-refractivity contribution is -0.134. The second kappa shape index (κ2) is 6.12. The van der Waals surface area contributed by atoms with Gasteiger partial charge in [0.1, 0.15) is 0 Å². The summed E-state index contributed by atoms with van der Waals surface area (Å²) in [4.78, 5) is 21.1. The molecule has 0 unspecified atom stereocenters. The number of hydrogen-bond acceptors (Lipinski definition) is 3. The van der Waals surface area contributed by atoms with Crippen molar-refractivity contribution in [3.05, 3.63) is 22.9 Å². The number of piperidine rings is 1. The van der Waals surface area contributed by atoms with Crippen LogP contribution in [0.1, 0.15) is 25.7 Å². The zero-order chi connectivity index (χ0) is 13.9. The minimum absolute atomic E-state index is 0.154. The van der Waals surface area contributed by atoms with Gasteiger partial charge in [-0.1, -0.05) is 0 Å². The zero-order valence-electron chi connectivity index (χ0n) is 11.6. The Kier molecular flexibility index (Phi) is 4.24. The Balaban J connectivity index is 1.68. The number of likely N-dealkylation sites (tertiary alicyclic amines) is 1. The quantitative estimate of drug-likeness (QED) is 0.832. The predicted molar refractivity (Wildman–Crippen MR) is 82.7 cm³/mol. The van der Waals surface area contributed by atoms with Crippen molar-refractivity contribution < 1.29 is 4.79 Å². The molecule has 4 nitrogen and oxygen atoms in total. The predicted octanol–water partition coefficient (Wildman–Crippen LogP) is 2.68. The van der Waals surface area contributed by atoms with E-state index in [0.717, 1.165) is 62.0 Å². The molecule has 0 aromatic carbocycles. The number of carbonyl (C=O) groups is 1. The summed E-state index contributed by atoms with van der Waals surface area (Å²) in [6, 6.07) is 2.08. The minimum atomic E-state index is 0.154. The molecule has 1 atom stereocenters. The normalized spacial score (nSPS) is 23.1. The van der Waals surface area contributed by atoms with E-state index in [9.17, 15) is 4.79 Å². The highest BCUT2D eigenvalue weighted by Gasteiger charge is 2.30. The second-order valence-corrected chi connectivity index (χ2v) is 6.59. The van der Waals surface area contributed by atoms with Crippen molar-refractivity contribution in [2.45, 2.75) is 25.7 Å². The summed E-state index contributed by atoms with van der Waals surface area (Å²) in [5, 5.41) is 0. The molecule has 0 N–H and O–H groups in total. The van der Waals surface area contributed by atoms with Crippen LogP contribution >= 0.6 is 15.9 Å². The van der Waals surface area contributed by atoms with E-state index < -0.39 is 0 Å². The number of aromatic nitrogens is 1. The summed E-state index contributed by atoms with van der Waals surface area (Å²) in [6.45, 7) is 3.75. The van der Waals surface area contributed by atoms with Crippen LogP contribution in [0.4, 0.5) is 5.69 Å². The van der Waals surface area contributed by atoms with Crippen molar-refractivity contribution in [1.29, 1.82) is 0 Å². The van der Waals surface area contributed by atoms with Gasteiger partial charge in [0.25, 0.3) is 0 Å². The molecule has 0 bridgehead atoms. The summed E-state index contributed by atoms with van der Waals surface area (Å²) in [6.07, 6.45) is 8.10. The first-order chi connectivity index (χ1) is 9.74. The number of nitrogens with zero attached hydrogens (tertiary/aromatic N) is 3. The summed E-state index contributed by atoms with van der Waals surface area (Å²) in [5.74, 6) is 0.510. The van der Waals surface area contributed by atoms with E-state index >= 15 is 0 Å². The van der Waals surface area contributed by atoms with Gasteiger partial charge in [0.05, 0.1) is 17.8 Å². The molecule has 108 valence electrons. The fourth-order valence-electron chi connectivity index (χ4n) is 3.18. The van der Waals surface area contributed by atoms with Gasteiger partial charge in [-0.05, 0) is 47.7 Å². The highest BCUT2D eigenvalue weighted by Crippen LogP contribution is 2.26. The average molecular weight is 338 g/mol. The number of rotatable bonds is 2. The van der Waals surface area contributed by atoms with E-state index in [-0.39, 0.29) is 5.92 Å². The van der Waals surface area contributed by atoms with Crippen LogP contribution in [-0.4, -0.2) is 42.0 Å². The number of carbonyl (C=O) groups excluding carboxylic acids is 1. The highest BCUT2D eigenvalue weighted by molar-refractivity contribution is 9.10. The first-order valence-electron chi connectivity index (χ1n) is 7.38. The Morgan fingerprint density at radius 3 is 2.75 bits per heavy atom. The van der Waals surface area contributed by atoms with Crippen LogP contribution in [0.15, 0.2) is 22.9 Å². The summed E-state index contributed by atoms with van der Waals surface area (Å²) < 4.78 is 0.989. The molecule has 2 aliphatic heterocycles. The van der Waals surface area contributed by atoms with Crippen LogP contribution in [0.5, 0.6) is 0 Å². The minimum Gasteiger partial charge on any atom is -0.369 e. The Morgan fingerprint density at radius 1 is 1.20 bits per heavy atom. The van der Waals surface area contributed by atoms with Crippen LogP contribution in [0.3, 0.4) is 0 Å². The Morgan fingerprint density at radius 2 is 2.00 bits per heavy atom. The van der Waals surface area contributed by atoms with E-state index in [1.165, 1.54) is 0 Å². The highest BCUT2D eigenvalue weighted by atomic mass is 79.9. The molecule has 3 heterocycles. The number of hydrogen-bond donors (Lipinski definition) is 0. The summed E-state index contributed by atoms with van der Waals surface area (Å²) in [7, 11) is 0. The van der Waals surface area contributed by atoms with E-state index in [1.54, 1.807) is 6.20 Å². The maximum absolute atomic E-state index is 12.5. The molecule has 2 saturated heterocycles. The van der Waals surface area contributed by atoms with Gasteiger partial charge in [-0.2, -0.15) is 0 Å². The van der Waals surface area contributed by atoms with Crippen molar-refractivity contribution in [3.63, 3.8) is 0 Å². The molecule has 2 fully saturated rings. The molecule has 1 amide bonds. The first-order valence-corrected chi connectivity index (χ1v) is 8.17. The maximum atomic E-state index is 12.5. The third kappa shape index (κ3) is 2.97. The largest absolute Gasteiger partial charge is 0.369 e. The fourth-order valence-corrected chi connectivity index (χ4v) is 3.54. The number of halogens is 1. The third-order valence-electron chi connectivity index (χ3n) is 4.24.